The van der Waals surface area contributed by atoms with Crippen molar-refractivity contribution < 1.29 is 14.3 Å². The summed E-state index contributed by atoms with van der Waals surface area (Å²) in [6.45, 7) is 2.95. The lowest BCUT2D eigenvalue weighted by atomic mass is 10.0. The van der Waals surface area contributed by atoms with E-state index in [4.69, 9.17) is 4.74 Å². The molecule has 0 saturated heterocycles. The molecule has 182 valence electrons. The fraction of sp³-hybridized carbons (Fsp3) is 0.286. The van der Waals surface area contributed by atoms with E-state index in [1.165, 1.54) is 0 Å². The Morgan fingerprint density at radius 3 is 2.37 bits per heavy atom. The molecule has 0 spiro atoms. The molecule has 0 bridgehead atoms. The molecule has 5 nitrogen and oxygen atoms in total. The first-order chi connectivity index (χ1) is 16.9. The van der Waals surface area contributed by atoms with Crippen LogP contribution in [0.25, 0.3) is 0 Å². The molecule has 3 aromatic carbocycles. The highest BCUT2D eigenvalue weighted by Gasteiger charge is 2.32. The van der Waals surface area contributed by atoms with Gasteiger partial charge in [-0.2, -0.15) is 0 Å². The highest BCUT2D eigenvalue weighted by atomic mass is 79.9. The predicted molar refractivity (Wildman–Crippen MR) is 145 cm³/mol. The van der Waals surface area contributed by atoms with Crippen molar-refractivity contribution in [2.45, 2.75) is 43.7 Å². The van der Waals surface area contributed by atoms with E-state index in [2.05, 4.69) is 52.9 Å². The first-order valence-corrected chi connectivity index (χ1v) is 13.1. The van der Waals surface area contributed by atoms with Gasteiger partial charge in [0.1, 0.15) is 6.61 Å². The summed E-state index contributed by atoms with van der Waals surface area (Å²) in [5.74, 6) is 0.332. The first-order valence-electron chi connectivity index (χ1n) is 11.8. The number of halogens is 1. The van der Waals surface area contributed by atoms with Crippen LogP contribution >= 0.6 is 28.6 Å². The van der Waals surface area contributed by atoms with Crippen LogP contribution in [-0.2, 0) is 11.3 Å². The third-order valence-electron chi connectivity index (χ3n) is 6.13. The lowest BCUT2D eigenvalue weighted by molar-refractivity contribution is 0.0768. The van der Waals surface area contributed by atoms with Crippen molar-refractivity contribution >= 4 is 46.2 Å². The van der Waals surface area contributed by atoms with Crippen molar-refractivity contribution in [1.82, 2.24) is 4.90 Å². The molecule has 0 aliphatic heterocycles. The number of hydrogen-bond acceptors (Lipinski definition) is 4. The van der Waals surface area contributed by atoms with Gasteiger partial charge in [0.05, 0.1) is 11.7 Å². The minimum absolute atomic E-state index is 0.0306. The minimum atomic E-state index is -0.307. The number of carbonyl (C=O) groups excluding carboxylic acids is 2. The molecular formula is C28H29BrN2O3S. The largest absolute Gasteiger partial charge is 0.445 e. The van der Waals surface area contributed by atoms with Crippen LogP contribution in [0.4, 0.5) is 10.5 Å². The number of carbonyl (C=O) groups is 2. The Morgan fingerprint density at radius 2 is 1.74 bits per heavy atom. The van der Waals surface area contributed by atoms with Crippen LogP contribution in [0, 0.1) is 5.92 Å². The summed E-state index contributed by atoms with van der Waals surface area (Å²) in [6.07, 6.45) is 2.81. The van der Waals surface area contributed by atoms with Crippen molar-refractivity contribution in [2.75, 3.05) is 11.9 Å². The smallest absolute Gasteiger partial charge is 0.410 e. The van der Waals surface area contributed by atoms with Gasteiger partial charge in [-0.3, -0.25) is 4.79 Å². The number of nitrogens with one attached hydrogen (secondary N) is 1. The van der Waals surface area contributed by atoms with Gasteiger partial charge < -0.3 is 15.0 Å². The fourth-order valence-electron chi connectivity index (χ4n) is 3.98. The maximum Gasteiger partial charge on any atom is 0.410 e. The molecular weight excluding hydrogens is 524 g/mol. The third kappa shape index (κ3) is 6.89. The van der Waals surface area contributed by atoms with Crippen molar-refractivity contribution in [2.24, 2.45) is 5.92 Å². The number of rotatable bonds is 9. The summed E-state index contributed by atoms with van der Waals surface area (Å²) in [5.41, 5.74) is 3.11. The molecule has 4 rings (SSSR count). The highest BCUT2D eigenvalue weighted by Crippen LogP contribution is 2.35. The summed E-state index contributed by atoms with van der Waals surface area (Å²) in [7, 11) is 0. The van der Waals surface area contributed by atoms with E-state index >= 15 is 0 Å². The van der Waals surface area contributed by atoms with Crippen LogP contribution in [0.3, 0.4) is 0 Å². The molecule has 7 heteroatoms. The fourth-order valence-corrected chi connectivity index (χ4v) is 4.46. The summed E-state index contributed by atoms with van der Waals surface area (Å²) >= 11 is 7.85. The summed E-state index contributed by atoms with van der Waals surface area (Å²) in [6, 6.07) is 22.5. The number of ether oxygens (including phenoxy) is 1. The molecule has 0 unspecified atom stereocenters. The molecule has 1 atom stereocenters. The van der Waals surface area contributed by atoms with Crippen LogP contribution in [0.2, 0.25) is 0 Å². The van der Waals surface area contributed by atoms with E-state index in [1.54, 1.807) is 18.2 Å². The molecule has 1 aliphatic rings. The minimum Gasteiger partial charge on any atom is -0.445 e. The zero-order chi connectivity index (χ0) is 24.8. The Balaban J connectivity index is 1.38. The summed E-state index contributed by atoms with van der Waals surface area (Å²) in [5, 5.41) is 2.86. The molecule has 1 fully saturated rings. The van der Waals surface area contributed by atoms with E-state index < -0.39 is 0 Å². The maximum atomic E-state index is 13.2. The molecule has 35 heavy (non-hydrogen) atoms. The van der Waals surface area contributed by atoms with Gasteiger partial charge in [0.2, 0.25) is 0 Å². The quantitative estimate of drug-likeness (QED) is 0.270. The second kappa shape index (κ2) is 11.8. The molecule has 0 heterocycles. The zero-order valence-electron chi connectivity index (χ0n) is 19.6. The van der Waals surface area contributed by atoms with Crippen LogP contribution < -0.4 is 5.32 Å². The van der Waals surface area contributed by atoms with Crippen molar-refractivity contribution in [3.8, 4) is 0 Å². The first kappa shape index (κ1) is 25.3. The van der Waals surface area contributed by atoms with Crippen LogP contribution in [0.15, 0.2) is 82.2 Å². The van der Waals surface area contributed by atoms with E-state index in [1.807, 2.05) is 47.4 Å². The van der Waals surface area contributed by atoms with Gasteiger partial charge in [-0.05, 0) is 72.7 Å². The molecule has 1 aliphatic carbocycles. The van der Waals surface area contributed by atoms with Gasteiger partial charge >= 0.3 is 6.09 Å². The highest BCUT2D eigenvalue weighted by molar-refractivity contribution is 9.10. The number of hydrogen-bond donors (Lipinski definition) is 2. The Bertz CT molecular complexity index is 1160. The number of benzene rings is 3. The van der Waals surface area contributed by atoms with E-state index in [0.717, 1.165) is 34.9 Å². The van der Waals surface area contributed by atoms with Gasteiger partial charge in [-0.25, -0.2) is 4.79 Å². The summed E-state index contributed by atoms with van der Waals surface area (Å²) in [4.78, 5) is 28.3. The van der Waals surface area contributed by atoms with Crippen molar-refractivity contribution in [3.05, 3.63) is 94.0 Å². The number of para-hydroxylation sites is 1. The second-order valence-electron chi connectivity index (χ2n) is 8.79. The standard InChI is InChI=1S/C28H29BrN2O3S/c1-2-25(21-13-15-23(29)16-14-21)31(17-19-7-8-19)28(33)34-18-20-9-11-22(12-10-20)27(32)30-24-5-3-4-6-26(24)35/h3-6,9-16,19,25,35H,2,7-8,17-18H2,1H3,(H,30,32)/t25-/m0/s1. The lowest BCUT2D eigenvalue weighted by Gasteiger charge is -2.31. The number of amides is 2. The van der Waals surface area contributed by atoms with Crippen LogP contribution in [0.5, 0.6) is 0 Å². The number of thiol groups is 1. The average molecular weight is 554 g/mol. The maximum absolute atomic E-state index is 13.2. The molecule has 1 saturated carbocycles. The predicted octanol–water partition coefficient (Wildman–Crippen LogP) is 7.49. The number of nitrogens with zero attached hydrogens (tertiary/aromatic N) is 1. The Hall–Kier alpha value is -2.77. The van der Waals surface area contributed by atoms with Crippen LogP contribution in [0.1, 0.15) is 53.7 Å². The summed E-state index contributed by atoms with van der Waals surface area (Å²) < 4.78 is 6.74. The zero-order valence-corrected chi connectivity index (χ0v) is 22.1. The molecule has 1 N–H and O–H groups in total. The average Bonchev–Trinajstić information content (AvgIpc) is 3.69. The van der Waals surface area contributed by atoms with E-state index in [-0.39, 0.29) is 24.6 Å². The molecule has 3 aromatic rings. The van der Waals surface area contributed by atoms with Gasteiger partial charge in [0, 0.05) is 21.5 Å². The second-order valence-corrected chi connectivity index (χ2v) is 10.2. The molecule has 0 aromatic heterocycles. The monoisotopic (exact) mass is 552 g/mol. The number of anilines is 1. The van der Waals surface area contributed by atoms with Crippen molar-refractivity contribution in [3.63, 3.8) is 0 Å². The van der Waals surface area contributed by atoms with Crippen LogP contribution in [-0.4, -0.2) is 23.4 Å². The Labute approximate surface area is 220 Å². The Kier molecular flexibility index (Phi) is 8.52. The normalized spacial score (nSPS) is 13.7. The van der Waals surface area contributed by atoms with Gasteiger partial charge in [0.25, 0.3) is 5.91 Å². The SMILES string of the molecule is CC[C@@H](c1ccc(Br)cc1)N(CC1CC1)C(=O)OCc1ccc(C(=O)Nc2ccccc2S)cc1. The van der Waals surface area contributed by atoms with Crippen molar-refractivity contribution in [1.29, 1.82) is 0 Å². The van der Waals surface area contributed by atoms with E-state index in [9.17, 15) is 9.59 Å². The third-order valence-corrected chi connectivity index (χ3v) is 7.05. The van der Waals surface area contributed by atoms with Gasteiger partial charge in [-0.1, -0.05) is 59.3 Å². The Morgan fingerprint density at radius 1 is 1.06 bits per heavy atom. The molecule has 0 radical (unpaired) electrons. The topological polar surface area (TPSA) is 58.6 Å². The molecule has 2 amide bonds. The van der Waals surface area contributed by atoms with Gasteiger partial charge in [0.15, 0.2) is 0 Å². The van der Waals surface area contributed by atoms with E-state index in [0.29, 0.717) is 28.6 Å². The lowest BCUT2D eigenvalue weighted by Crippen LogP contribution is -2.36. The van der Waals surface area contributed by atoms with Gasteiger partial charge in [-0.15, -0.1) is 12.6 Å².